The molecule has 0 bridgehead atoms. The zero-order chi connectivity index (χ0) is 14.7. The lowest BCUT2D eigenvalue weighted by atomic mass is 10.3. The fraction of sp³-hybridized carbons (Fsp3) is 0.889. The van der Waals surface area contributed by atoms with Crippen LogP contribution in [0.5, 0.6) is 0 Å². The van der Waals surface area contributed by atoms with Crippen LogP contribution in [-0.4, -0.2) is 82.4 Å². The fourth-order valence-corrected chi connectivity index (χ4v) is 4.82. The van der Waals surface area contributed by atoms with Crippen LogP contribution in [0, 0.1) is 5.41 Å². The average molecular weight is 312 g/mol. The molecule has 1 fully saturated rings. The lowest BCUT2D eigenvalue weighted by Gasteiger charge is -2.33. The summed E-state index contributed by atoms with van der Waals surface area (Å²) in [6, 6.07) is 0. The topological polar surface area (TPSA) is 125 Å². The Bertz CT molecular complexity index is 520. The smallest absolute Gasteiger partial charge is 0.215 e. The first-order chi connectivity index (χ1) is 8.60. The standard InChI is InChI=1S/C9H20N4O4S2/c1-18(14,15)6-7-19(16,17)13-4-2-12(3-5-13)8-9(10)11/h2-8H2,1H3,(H3,10,11). The molecule has 0 aromatic carbocycles. The molecule has 0 spiro atoms. The Morgan fingerprint density at radius 1 is 1.11 bits per heavy atom. The van der Waals surface area contributed by atoms with E-state index < -0.39 is 19.9 Å². The van der Waals surface area contributed by atoms with E-state index in [2.05, 4.69) is 0 Å². The lowest BCUT2D eigenvalue weighted by molar-refractivity contribution is 0.209. The van der Waals surface area contributed by atoms with Crippen LogP contribution in [0.3, 0.4) is 0 Å². The molecule has 0 radical (unpaired) electrons. The minimum atomic E-state index is -3.53. The number of sulfonamides is 1. The van der Waals surface area contributed by atoms with E-state index in [1.54, 1.807) is 0 Å². The van der Waals surface area contributed by atoms with Gasteiger partial charge in [-0.15, -0.1) is 0 Å². The summed E-state index contributed by atoms with van der Waals surface area (Å²) in [6.45, 7) is 1.94. The number of nitrogens with one attached hydrogen (secondary N) is 1. The molecular formula is C9H20N4O4S2. The Labute approximate surface area is 114 Å². The fourth-order valence-electron chi connectivity index (χ4n) is 1.79. The van der Waals surface area contributed by atoms with Gasteiger partial charge in [0.15, 0.2) is 0 Å². The Kier molecular flexibility index (Phi) is 5.30. The summed E-state index contributed by atoms with van der Waals surface area (Å²) in [5.41, 5.74) is 5.28. The number of nitrogens with two attached hydrogens (primary N) is 1. The third kappa shape index (κ3) is 5.85. The van der Waals surface area contributed by atoms with E-state index in [-0.39, 0.29) is 17.3 Å². The molecule has 19 heavy (non-hydrogen) atoms. The third-order valence-corrected chi connectivity index (χ3v) is 5.91. The van der Waals surface area contributed by atoms with E-state index in [0.29, 0.717) is 32.7 Å². The number of nitrogens with zero attached hydrogens (tertiary/aromatic N) is 2. The van der Waals surface area contributed by atoms with Gasteiger partial charge in [0.1, 0.15) is 15.7 Å². The Hall–Kier alpha value is -0.710. The quantitative estimate of drug-likeness (QED) is 0.428. The van der Waals surface area contributed by atoms with Gasteiger partial charge in [0.25, 0.3) is 0 Å². The number of amidine groups is 1. The zero-order valence-electron chi connectivity index (χ0n) is 10.9. The van der Waals surface area contributed by atoms with Crippen molar-refractivity contribution in [3.05, 3.63) is 0 Å². The molecule has 0 amide bonds. The molecule has 112 valence electrons. The predicted molar refractivity (Wildman–Crippen MR) is 73.4 cm³/mol. The zero-order valence-corrected chi connectivity index (χ0v) is 12.5. The predicted octanol–water partition coefficient (Wildman–Crippen LogP) is -2.09. The summed E-state index contributed by atoms with van der Waals surface area (Å²) in [7, 11) is -6.81. The molecule has 8 nitrogen and oxygen atoms in total. The molecule has 0 unspecified atom stereocenters. The van der Waals surface area contributed by atoms with Gasteiger partial charge in [-0.2, -0.15) is 4.31 Å². The SMILES string of the molecule is CS(=O)(=O)CCS(=O)(=O)N1CCN(CC(=N)N)CC1. The molecule has 0 aromatic rings. The lowest BCUT2D eigenvalue weighted by Crippen LogP contribution is -2.51. The summed E-state index contributed by atoms with van der Waals surface area (Å²) in [5, 5.41) is 7.18. The first-order valence-electron chi connectivity index (χ1n) is 5.81. The second-order valence-corrected chi connectivity index (χ2v) is 8.99. The van der Waals surface area contributed by atoms with Crippen molar-refractivity contribution in [1.82, 2.24) is 9.21 Å². The summed E-state index contributed by atoms with van der Waals surface area (Å²) >= 11 is 0. The van der Waals surface area contributed by atoms with Gasteiger partial charge in [0.05, 0.1) is 18.1 Å². The van der Waals surface area contributed by atoms with E-state index in [4.69, 9.17) is 11.1 Å². The van der Waals surface area contributed by atoms with Crippen LogP contribution in [0.2, 0.25) is 0 Å². The van der Waals surface area contributed by atoms with Crippen LogP contribution in [0.4, 0.5) is 0 Å². The molecule has 1 aliphatic heterocycles. The highest BCUT2D eigenvalue weighted by Gasteiger charge is 2.27. The molecule has 1 heterocycles. The van der Waals surface area contributed by atoms with Gasteiger partial charge in [0.2, 0.25) is 10.0 Å². The highest BCUT2D eigenvalue weighted by Crippen LogP contribution is 2.08. The van der Waals surface area contributed by atoms with Crippen LogP contribution in [-0.2, 0) is 19.9 Å². The summed E-state index contributed by atoms with van der Waals surface area (Å²) < 4.78 is 47.2. The maximum absolute atomic E-state index is 11.9. The number of hydrogen-bond acceptors (Lipinski definition) is 6. The molecule has 0 aliphatic carbocycles. The molecule has 0 aromatic heterocycles. The molecule has 1 aliphatic rings. The van der Waals surface area contributed by atoms with Crippen molar-refractivity contribution in [2.45, 2.75) is 0 Å². The summed E-state index contributed by atoms with van der Waals surface area (Å²) in [6.07, 6.45) is 1.02. The molecule has 1 rings (SSSR count). The Morgan fingerprint density at radius 2 is 1.63 bits per heavy atom. The van der Waals surface area contributed by atoms with Gasteiger partial charge in [0, 0.05) is 32.4 Å². The van der Waals surface area contributed by atoms with E-state index in [1.165, 1.54) is 4.31 Å². The molecule has 3 N–H and O–H groups in total. The minimum Gasteiger partial charge on any atom is -0.387 e. The second kappa shape index (κ2) is 6.16. The highest BCUT2D eigenvalue weighted by atomic mass is 32.2. The monoisotopic (exact) mass is 312 g/mol. The van der Waals surface area contributed by atoms with Gasteiger partial charge in [-0.1, -0.05) is 0 Å². The van der Waals surface area contributed by atoms with Crippen LogP contribution >= 0.6 is 0 Å². The Morgan fingerprint density at radius 3 is 2.05 bits per heavy atom. The maximum Gasteiger partial charge on any atom is 0.215 e. The maximum atomic E-state index is 11.9. The van der Waals surface area contributed by atoms with Crippen molar-refractivity contribution in [2.24, 2.45) is 5.73 Å². The van der Waals surface area contributed by atoms with Gasteiger partial charge < -0.3 is 5.73 Å². The van der Waals surface area contributed by atoms with Gasteiger partial charge in [-0.05, 0) is 0 Å². The number of piperazine rings is 1. The van der Waals surface area contributed by atoms with Crippen LogP contribution < -0.4 is 5.73 Å². The molecule has 1 saturated heterocycles. The van der Waals surface area contributed by atoms with Crippen molar-refractivity contribution < 1.29 is 16.8 Å². The largest absolute Gasteiger partial charge is 0.387 e. The minimum absolute atomic E-state index is 0.0494. The van der Waals surface area contributed by atoms with Crippen molar-refractivity contribution in [1.29, 1.82) is 5.41 Å². The normalized spacial score (nSPS) is 19.4. The van der Waals surface area contributed by atoms with Crippen LogP contribution in [0.1, 0.15) is 0 Å². The second-order valence-electron chi connectivity index (χ2n) is 4.65. The van der Waals surface area contributed by atoms with Crippen molar-refractivity contribution in [3.8, 4) is 0 Å². The Balaban J connectivity index is 2.52. The van der Waals surface area contributed by atoms with Gasteiger partial charge in [-0.25, -0.2) is 16.8 Å². The first-order valence-corrected chi connectivity index (χ1v) is 9.48. The van der Waals surface area contributed by atoms with E-state index in [1.807, 2.05) is 4.90 Å². The van der Waals surface area contributed by atoms with Crippen molar-refractivity contribution in [3.63, 3.8) is 0 Å². The van der Waals surface area contributed by atoms with E-state index in [9.17, 15) is 16.8 Å². The highest BCUT2D eigenvalue weighted by molar-refractivity contribution is 7.93. The van der Waals surface area contributed by atoms with Crippen LogP contribution in [0.15, 0.2) is 0 Å². The first kappa shape index (κ1) is 16.3. The molecule has 10 heteroatoms. The van der Waals surface area contributed by atoms with Crippen LogP contribution in [0.25, 0.3) is 0 Å². The van der Waals surface area contributed by atoms with Crippen molar-refractivity contribution >= 4 is 25.7 Å². The van der Waals surface area contributed by atoms with Gasteiger partial charge in [-0.3, -0.25) is 10.3 Å². The molecule has 0 saturated carbocycles. The summed E-state index contributed by atoms with van der Waals surface area (Å²) in [5.74, 6) is -0.685. The number of hydrogen-bond donors (Lipinski definition) is 2. The summed E-state index contributed by atoms with van der Waals surface area (Å²) in [4.78, 5) is 1.89. The number of rotatable bonds is 6. The number of sulfone groups is 1. The third-order valence-electron chi connectivity index (χ3n) is 2.83. The van der Waals surface area contributed by atoms with Crippen molar-refractivity contribution in [2.75, 3.05) is 50.5 Å². The van der Waals surface area contributed by atoms with E-state index >= 15 is 0 Å². The van der Waals surface area contributed by atoms with E-state index in [0.717, 1.165) is 6.26 Å². The average Bonchev–Trinajstić information content (AvgIpc) is 2.26. The molecule has 0 atom stereocenters. The van der Waals surface area contributed by atoms with Gasteiger partial charge >= 0.3 is 0 Å². The molecular weight excluding hydrogens is 292 g/mol.